The van der Waals surface area contributed by atoms with Crippen molar-refractivity contribution in [3.05, 3.63) is 80.5 Å². The number of rotatable bonds is 5. The molecule has 2 aromatic heterocycles. The van der Waals surface area contributed by atoms with E-state index in [4.69, 9.17) is 4.98 Å². The van der Waals surface area contributed by atoms with E-state index >= 15 is 0 Å². The summed E-state index contributed by atoms with van der Waals surface area (Å²) in [7, 11) is 0. The van der Waals surface area contributed by atoms with Gasteiger partial charge in [-0.1, -0.05) is 36.0 Å². The second kappa shape index (κ2) is 8.69. The molecular weight excluding hydrogens is 426 g/mol. The number of aryl methyl sites for hydroxylation is 2. The van der Waals surface area contributed by atoms with Crippen molar-refractivity contribution < 1.29 is 4.79 Å². The Hall–Kier alpha value is -2.90. The van der Waals surface area contributed by atoms with Crippen molar-refractivity contribution in [3.8, 4) is 5.69 Å². The SMILES string of the molecule is Cc1cccc(NC(=O)CSc2nc3ccsc3c(=O)n2-c2cccc(C)c2C)c1C. The number of fused-ring (bicyclic) bond motifs is 1. The van der Waals surface area contributed by atoms with E-state index in [1.54, 1.807) is 4.57 Å². The van der Waals surface area contributed by atoms with Crippen molar-refractivity contribution in [1.82, 2.24) is 9.55 Å². The summed E-state index contributed by atoms with van der Waals surface area (Å²) in [4.78, 5) is 30.7. The number of aromatic nitrogens is 2. The van der Waals surface area contributed by atoms with Gasteiger partial charge in [0.2, 0.25) is 5.91 Å². The highest BCUT2D eigenvalue weighted by Crippen LogP contribution is 2.26. The molecular formula is C24H23N3O2S2. The van der Waals surface area contributed by atoms with E-state index in [0.29, 0.717) is 15.4 Å². The molecule has 0 saturated carbocycles. The first-order chi connectivity index (χ1) is 14.9. The van der Waals surface area contributed by atoms with Crippen molar-refractivity contribution >= 4 is 44.9 Å². The van der Waals surface area contributed by atoms with Crippen molar-refractivity contribution in [3.63, 3.8) is 0 Å². The topological polar surface area (TPSA) is 64.0 Å². The van der Waals surface area contributed by atoms with Gasteiger partial charge in [0, 0.05) is 5.69 Å². The first-order valence-corrected chi connectivity index (χ1v) is 11.8. The lowest BCUT2D eigenvalue weighted by Crippen LogP contribution is -2.23. The molecule has 7 heteroatoms. The number of anilines is 1. The Bertz CT molecular complexity index is 1350. The summed E-state index contributed by atoms with van der Waals surface area (Å²) in [6.45, 7) is 8.02. The Morgan fingerprint density at radius 3 is 2.52 bits per heavy atom. The molecule has 31 heavy (non-hydrogen) atoms. The van der Waals surface area contributed by atoms with Gasteiger partial charge in [-0.15, -0.1) is 11.3 Å². The van der Waals surface area contributed by atoms with Crippen LogP contribution in [-0.2, 0) is 4.79 Å². The maximum absolute atomic E-state index is 13.3. The quantitative estimate of drug-likeness (QED) is 0.327. The number of thiophene rings is 1. The molecule has 0 aliphatic rings. The Balaban J connectivity index is 1.69. The minimum Gasteiger partial charge on any atom is -0.325 e. The third-order valence-electron chi connectivity index (χ3n) is 5.48. The fourth-order valence-corrected chi connectivity index (χ4v) is 4.95. The van der Waals surface area contributed by atoms with Crippen LogP contribution < -0.4 is 10.9 Å². The largest absolute Gasteiger partial charge is 0.325 e. The first kappa shape index (κ1) is 21.3. The van der Waals surface area contributed by atoms with E-state index in [-0.39, 0.29) is 17.2 Å². The van der Waals surface area contributed by atoms with Crippen LogP contribution in [0.5, 0.6) is 0 Å². The number of benzene rings is 2. The van der Waals surface area contributed by atoms with Crippen molar-refractivity contribution in [2.75, 3.05) is 11.1 Å². The fraction of sp³-hybridized carbons (Fsp3) is 0.208. The van der Waals surface area contributed by atoms with E-state index in [9.17, 15) is 9.59 Å². The highest BCUT2D eigenvalue weighted by molar-refractivity contribution is 7.99. The second-order valence-electron chi connectivity index (χ2n) is 7.47. The Morgan fingerprint density at radius 2 is 1.74 bits per heavy atom. The minimum absolute atomic E-state index is 0.105. The summed E-state index contributed by atoms with van der Waals surface area (Å²) >= 11 is 2.66. The van der Waals surface area contributed by atoms with E-state index < -0.39 is 0 Å². The highest BCUT2D eigenvalue weighted by Gasteiger charge is 2.17. The molecule has 4 rings (SSSR count). The van der Waals surface area contributed by atoms with Gasteiger partial charge in [-0.3, -0.25) is 14.2 Å². The van der Waals surface area contributed by atoms with Gasteiger partial charge < -0.3 is 5.32 Å². The number of carbonyl (C=O) groups excluding carboxylic acids is 1. The third kappa shape index (κ3) is 4.16. The van der Waals surface area contributed by atoms with Crippen molar-refractivity contribution in [2.45, 2.75) is 32.9 Å². The van der Waals surface area contributed by atoms with Gasteiger partial charge in [-0.2, -0.15) is 0 Å². The van der Waals surface area contributed by atoms with Crippen LogP contribution in [0.1, 0.15) is 22.3 Å². The number of nitrogens with zero attached hydrogens (tertiary/aromatic N) is 2. The van der Waals surface area contributed by atoms with Gasteiger partial charge in [0.1, 0.15) is 4.70 Å². The Morgan fingerprint density at radius 1 is 1.03 bits per heavy atom. The number of hydrogen-bond acceptors (Lipinski definition) is 5. The molecule has 0 fully saturated rings. The standard InChI is InChI=1S/C24H23N3O2S2/c1-14-7-5-9-18(16(14)3)25-21(28)13-31-24-26-19-11-12-30-22(19)23(29)27(24)20-10-6-8-15(2)17(20)4/h5-12H,13H2,1-4H3,(H,25,28). The second-order valence-corrected chi connectivity index (χ2v) is 9.33. The monoisotopic (exact) mass is 449 g/mol. The summed E-state index contributed by atoms with van der Waals surface area (Å²) < 4.78 is 2.25. The highest BCUT2D eigenvalue weighted by atomic mass is 32.2. The predicted molar refractivity (Wildman–Crippen MR) is 130 cm³/mol. The predicted octanol–water partition coefficient (Wildman–Crippen LogP) is 5.41. The van der Waals surface area contributed by atoms with E-state index in [0.717, 1.165) is 33.6 Å². The van der Waals surface area contributed by atoms with Crippen LogP contribution in [0.25, 0.3) is 15.9 Å². The lowest BCUT2D eigenvalue weighted by Gasteiger charge is -2.15. The number of amides is 1. The van der Waals surface area contributed by atoms with Crippen LogP contribution in [-0.4, -0.2) is 21.2 Å². The molecule has 2 heterocycles. The number of nitrogens with one attached hydrogen (secondary N) is 1. The normalized spacial score (nSPS) is 11.1. The van der Waals surface area contributed by atoms with E-state index in [1.165, 1.54) is 23.1 Å². The molecule has 0 unspecified atom stereocenters. The molecule has 0 atom stereocenters. The molecule has 1 N–H and O–H groups in total. The van der Waals surface area contributed by atoms with Crippen LogP contribution >= 0.6 is 23.1 Å². The van der Waals surface area contributed by atoms with Crippen LogP contribution in [0.15, 0.2) is 57.8 Å². The fourth-order valence-electron chi connectivity index (χ4n) is 3.38. The van der Waals surface area contributed by atoms with Crippen LogP contribution in [0.4, 0.5) is 5.69 Å². The van der Waals surface area contributed by atoms with Gasteiger partial charge >= 0.3 is 0 Å². The zero-order valence-electron chi connectivity index (χ0n) is 17.9. The van der Waals surface area contributed by atoms with Gasteiger partial charge in [0.15, 0.2) is 5.16 Å². The smallest absolute Gasteiger partial charge is 0.276 e. The molecule has 2 aromatic carbocycles. The van der Waals surface area contributed by atoms with Crippen molar-refractivity contribution in [1.29, 1.82) is 0 Å². The van der Waals surface area contributed by atoms with Crippen LogP contribution in [0.3, 0.4) is 0 Å². The Kier molecular flexibility index (Phi) is 5.98. The van der Waals surface area contributed by atoms with Gasteiger partial charge in [-0.05, 0) is 73.5 Å². The molecule has 0 spiro atoms. The summed E-state index contributed by atoms with van der Waals surface area (Å²) in [5, 5.41) is 5.36. The first-order valence-electron chi connectivity index (χ1n) is 9.92. The van der Waals surface area contributed by atoms with Crippen LogP contribution in [0, 0.1) is 27.7 Å². The van der Waals surface area contributed by atoms with Crippen LogP contribution in [0.2, 0.25) is 0 Å². The average Bonchev–Trinajstić information content (AvgIpc) is 3.21. The molecule has 5 nitrogen and oxygen atoms in total. The van der Waals surface area contributed by atoms with Crippen molar-refractivity contribution in [2.24, 2.45) is 0 Å². The maximum Gasteiger partial charge on any atom is 0.276 e. The minimum atomic E-state index is -0.133. The van der Waals surface area contributed by atoms with E-state index in [2.05, 4.69) is 5.32 Å². The van der Waals surface area contributed by atoms with E-state index in [1.807, 2.05) is 75.5 Å². The zero-order chi connectivity index (χ0) is 22.1. The number of carbonyl (C=O) groups is 1. The molecule has 4 aromatic rings. The number of thioether (sulfide) groups is 1. The molecule has 0 aliphatic heterocycles. The summed E-state index contributed by atoms with van der Waals surface area (Å²) in [5.41, 5.74) is 6.44. The van der Waals surface area contributed by atoms with Gasteiger partial charge in [0.05, 0.1) is 17.0 Å². The lowest BCUT2D eigenvalue weighted by molar-refractivity contribution is -0.113. The lowest BCUT2D eigenvalue weighted by atomic mass is 10.1. The molecule has 1 amide bonds. The summed E-state index contributed by atoms with van der Waals surface area (Å²) in [6.07, 6.45) is 0. The molecule has 0 saturated heterocycles. The molecule has 0 bridgehead atoms. The maximum atomic E-state index is 13.3. The third-order valence-corrected chi connectivity index (χ3v) is 7.31. The summed E-state index contributed by atoms with van der Waals surface area (Å²) in [6, 6.07) is 13.6. The summed E-state index contributed by atoms with van der Waals surface area (Å²) in [5.74, 6) is 0.0197. The average molecular weight is 450 g/mol. The van der Waals surface area contributed by atoms with Gasteiger partial charge in [-0.25, -0.2) is 4.98 Å². The molecule has 158 valence electrons. The Labute approximate surface area is 189 Å². The number of hydrogen-bond donors (Lipinski definition) is 1. The zero-order valence-corrected chi connectivity index (χ0v) is 19.5. The molecule has 0 aliphatic carbocycles. The molecule has 0 radical (unpaired) electrons. The van der Waals surface area contributed by atoms with Gasteiger partial charge in [0.25, 0.3) is 5.56 Å².